The first-order valence-corrected chi connectivity index (χ1v) is 8.54. The number of nitrogens with zero attached hydrogens (tertiary/aromatic N) is 1. The van der Waals surface area contributed by atoms with E-state index in [0.717, 1.165) is 12.8 Å². The summed E-state index contributed by atoms with van der Waals surface area (Å²) in [6, 6.07) is 3.11. The zero-order valence-electron chi connectivity index (χ0n) is 14.5. The lowest BCUT2D eigenvalue weighted by Gasteiger charge is -2.34. The number of nitrogens with two attached hydrogens (primary N) is 2. The minimum absolute atomic E-state index is 0.0401. The number of piperidine rings is 1. The van der Waals surface area contributed by atoms with Crippen molar-refractivity contribution in [2.24, 2.45) is 17.4 Å². The minimum Gasteiger partial charge on any atom is -0.493 e. The Morgan fingerprint density at radius 3 is 2.76 bits per heavy atom. The van der Waals surface area contributed by atoms with Crippen molar-refractivity contribution in [3.05, 3.63) is 22.7 Å². The Labute approximate surface area is 152 Å². The summed E-state index contributed by atoms with van der Waals surface area (Å²) in [5, 5.41) is 0.185. The highest BCUT2D eigenvalue weighted by atomic mass is 35.5. The molecule has 1 saturated heterocycles. The Kier molecular flexibility index (Phi) is 6.50. The van der Waals surface area contributed by atoms with Crippen LogP contribution >= 0.6 is 11.6 Å². The summed E-state index contributed by atoms with van der Waals surface area (Å²) in [6.07, 6.45) is 1.94. The standard InChI is InChI=1S/C17H24ClN3O4/c1-10(19)11-4-3-5-21(8-11)17(23)12-6-13(18)16(14(7-12)24-2)25-9-15(20)22/h6-7,10-11H,3-5,8-9,19H2,1-2H3,(H2,20,22)/t10-,11+/m0/s1. The van der Waals surface area contributed by atoms with Crippen molar-refractivity contribution in [2.75, 3.05) is 26.8 Å². The molecule has 1 aromatic rings. The van der Waals surface area contributed by atoms with E-state index in [4.69, 9.17) is 32.5 Å². The average molecular weight is 370 g/mol. The van der Waals surface area contributed by atoms with E-state index in [1.165, 1.54) is 13.2 Å². The van der Waals surface area contributed by atoms with Gasteiger partial charge in [0, 0.05) is 24.7 Å². The van der Waals surface area contributed by atoms with Gasteiger partial charge in [-0.25, -0.2) is 0 Å². The number of carbonyl (C=O) groups excluding carboxylic acids is 2. The minimum atomic E-state index is -0.631. The molecular formula is C17H24ClN3O4. The summed E-state index contributed by atoms with van der Waals surface area (Å²) in [5.41, 5.74) is 11.5. The average Bonchev–Trinajstić information content (AvgIpc) is 2.59. The van der Waals surface area contributed by atoms with Crippen LogP contribution in [0.3, 0.4) is 0 Å². The Hall–Kier alpha value is -1.99. The largest absolute Gasteiger partial charge is 0.493 e. The predicted molar refractivity (Wildman–Crippen MR) is 95.0 cm³/mol. The Morgan fingerprint density at radius 1 is 1.44 bits per heavy atom. The van der Waals surface area contributed by atoms with Gasteiger partial charge in [0.15, 0.2) is 18.1 Å². The zero-order chi connectivity index (χ0) is 18.6. The third-order valence-corrected chi connectivity index (χ3v) is 4.60. The number of ether oxygens (including phenoxy) is 2. The predicted octanol–water partition coefficient (Wildman–Crippen LogP) is 1.41. The number of hydrogen-bond acceptors (Lipinski definition) is 5. The van der Waals surface area contributed by atoms with E-state index in [9.17, 15) is 9.59 Å². The van der Waals surface area contributed by atoms with Crippen molar-refractivity contribution in [3.63, 3.8) is 0 Å². The molecule has 0 spiro atoms. The molecule has 4 N–H and O–H groups in total. The molecule has 2 amide bonds. The smallest absolute Gasteiger partial charge is 0.255 e. The van der Waals surface area contributed by atoms with Gasteiger partial charge >= 0.3 is 0 Å². The van der Waals surface area contributed by atoms with Crippen LogP contribution in [0, 0.1) is 5.92 Å². The zero-order valence-corrected chi connectivity index (χ0v) is 15.2. The summed E-state index contributed by atoms with van der Waals surface area (Å²) >= 11 is 6.21. The number of primary amides is 1. The maximum atomic E-state index is 12.8. The quantitative estimate of drug-likeness (QED) is 0.788. The second kappa shape index (κ2) is 8.40. The van der Waals surface area contributed by atoms with Gasteiger partial charge in [0.25, 0.3) is 11.8 Å². The van der Waals surface area contributed by atoms with E-state index in [2.05, 4.69) is 0 Å². The molecule has 0 aliphatic carbocycles. The topological polar surface area (TPSA) is 108 Å². The first kappa shape index (κ1) is 19.3. The summed E-state index contributed by atoms with van der Waals surface area (Å²) in [4.78, 5) is 25.5. The summed E-state index contributed by atoms with van der Waals surface area (Å²) in [7, 11) is 1.43. The number of carbonyl (C=O) groups is 2. The Balaban J connectivity index is 2.22. The number of benzene rings is 1. The van der Waals surface area contributed by atoms with E-state index < -0.39 is 5.91 Å². The number of methoxy groups -OCH3 is 1. The fraction of sp³-hybridized carbons (Fsp3) is 0.529. The maximum absolute atomic E-state index is 12.8. The van der Waals surface area contributed by atoms with Crippen molar-refractivity contribution in [3.8, 4) is 11.5 Å². The third kappa shape index (κ3) is 4.76. The van der Waals surface area contributed by atoms with E-state index in [1.54, 1.807) is 11.0 Å². The summed E-state index contributed by atoms with van der Waals surface area (Å²) in [5.74, 6) is -0.0155. The molecule has 0 saturated carbocycles. The van der Waals surface area contributed by atoms with Crippen LogP contribution in [-0.4, -0.2) is 49.6 Å². The second-order valence-corrected chi connectivity index (χ2v) is 6.66. The summed E-state index contributed by atoms with van der Waals surface area (Å²) < 4.78 is 10.5. The van der Waals surface area contributed by atoms with E-state index in [-0.39, 0.29) is 41.0 Å². The number of halogens is 1. The van der Waals surface area contributed by atoms with Crippen LogP contribution in [-0.2, 0) is 4.79 Å². The van der Waals surface area contributed by atoms with Crippen molar-refractivity contribution in [1.82, 2.24) is 4.90 Å². The lowest BCUT2D eigenvalue weighted by atomic mass is 9.92. The van der Waals surface area contributed by atoms with E-state index in [1.807, 2.05) is 6.92 Å². The molecule has 1 heterocycles. The molecule has 0 radical (unpaired) electrons. The molecule has 0 bridgehead atoms. The first-order valence-electron chi connectivity index (χ1n) is 8.17. The van der Waals surface area contributed by atoms with Crippen LogP contribution in [0.2, 0.25) is 5.02 Å². The van der Waals surface area contributed by atoms with Gasteiger partial charge in [-0.05, 0) is 37.8 Å². The molecular weight excluding hydrogens is 346 g/mol. The van der Waals surface area contributed by atoms with Crippen LogP contribution < -0.4 is 20.9 Å². The number of likely N-dealkylation sites (tertiary alicyclic amines) is 1. The highest BCUT2D eigenvalue weighted by molar-refractivity contribution is 6.32. The lowest BCUT2D eigenvalue weighted by Crippen LogP contribution is -2.45. The van der Waals surface area contributed by atoms with Gasteiger partial charge in [-0.3, -0.25) is 9.59 Å². The van der Waals surface area contributed by atoms with Crippen LogP contribution in [0.15, 0.2) is 12.1 Å². The van der Waals surface area contributed by atoms with Gasteiger partial charge in [0.05, 0.1) is 12.1 Å². The molecule has 1 aliphatic rings. The number of amides is 2. The van der Waals surface area contributed by atoms with E-state index in [0.29, 0.717) is 18.7 Å². The maximum Gasteiger partial charge on any atom is 0.255 e. The highest BCUT2D eigenvalue weighted by Crippen LogP contribution is 2.37. The second-order valence-electron chi connectivity index (χ2n) is 6.26. The lowest BCUT2D eigenvalue weighted by molar-refractivity contribution is -0.119. The molecule has 138 valence electrons. The molecule has 1 aromatic carbocycles. The first-order chi connectivity index (χ1) is 11.8. The van der Waals surface area contributed by atoms with Crippen LogP contribution in [0.25, 0.3) is 0 Å². The van der Waals surface area contributed by atoms with Gasteiger partial charge in [0.2, 0.25) is 0 Å². The van der Waals surface area contributed by atoms with Crippen molar-refractivity contribution in [1.29, 1.82) is 0 Å². The molecule has 0 unspecified atom stereocenters. The molecule has 1 aliphatic heterocycles. The monoisotopic (exact) mass is 369 g/mol. The van der Waals surface area contributed by atoms with Gasteiger partial charge < -0.3 is 25.8 Å². The molecule has 25 heavy (non-hydrogen) atoms. The third-order valence-electron chi connectivity index (χ3n) is 4.32. The summed E-state index contributed by atoms with van der Waals surface area (Å²) in [6.45, 7) is 2.94. The van der Waals surface area contributed by atoms with Crippen molar-refractivity contribution in [2.45, 2.75) is 25.8 Å². The van der Waals surface area contributed by atoms with Crippen molar-refractivity contribution >= 4 is 23.4 Å². The van der Waals surface area contributed by atoms with Crippen LogP contribution in [0.1, 0.15) is 30.1 Å². The molecule has 2 rings (SSSR count). The molecule has 7 nitrogen and oxygen atoms in total. The molecule has 8 heteroatoms. The van der Waals surface area contributed by atoms with Gasteiger partial charge in [0.1, 0.15) is 0 Å². The van der Waals surface area contributed by atoms with E-state index >= 15 is 0 Å². The fourth-order valence-electron chi connectivity index (χ4n) is 2.93. The van der Waals surface area contributed by atoms with Crippen molar-refractivity contribution < 1.29 is 19.1 Å². The molecule has 0 aromatic heterocycles. The number of rotatable bonds is 6. The SMILES string of the molecule is COc1cc(C(=O)N2CCC[C@@H]([C@H](C)N)C2)cc(Cl)c1OCC(N)=O. The van der Waals surface area contributed by atoms with Gasteiger partial charge in [-0.2, -0.15) is 0 Å². The molecule has 1 fully saturated rings. The van der Waals surface area contributed by atoms with Gasteiger partial charge in [-0.15, -0.1) is 0 Å². The van der Waals surface area contributed by atoms with Crippen LogP contribution in [0.4, 0.5) is 0 Å². The molecule has 2 atom stereocenters. The normalized spacial score (nSPS) is 18.6. The fourth-order valence-corrected chi connectivity index (χ4v) is 3.20. The number of hydrogen-bond donors (Lipinski definition) is 2. The Bertz CT molecular complexity index is 651. The Morgan fingerprint density at radius 2 is 2.16 bits per heavy atom. The highest BCUT2D eigenvalue weighted by Gasteiger charge is 2.27. The van der Waals surface area contributed by atoms with Crippen LogP contribution in [0.5, 0.6) is 11.5 Å². The van der Waals surface area contributed by atoms with Gasteiger partial charge in [-0.1, -0.05) is 11.6 Å².